The summed E-state index contributed by atoms with van der Waals surface area (Å²) in [6, 6.07) is 0. The molecule has 4 unspecified atom stereocenters. The van der Waals surface area contributed by atoms with E-state index in [1.807, 2.05) is 0 Å². The van der Waals surface area contributed by atoms with E-state index in [2.05, 4.69) is 28.1 Å². The van der Waals surface area contributed by atoms with Crippen LogP contribution in [-0.2, 0) is 27.0 Å². The van der Waals surface area contributed by atoms with Crippen LogP contribution in [0.1, 0.15) is 12.6 Å². The summed E-state index contributed by atoms with van der Waals surface area (Å²) in [6.07, 6.45) is -0.186. The van der Waals surface area contributed by atoms with Gasteiger partial charge >= 0.3 is 15.6 Å². The van der Waals surface area contributed by atoms with Crippen molar-refractivity contribution in [2.24, 2.45) is 0 Å². The number of nitrogens with two attached hydrogens (primary N) is 1. The largest absolute Gasteiger partial charge is 0.486 e. The molecule has 6 N–H and O–H groups in total. The van der Waals surface area contributed by atoms with Gasteiger partial charge in [0.05, 0.1) is 19.0 Å². The molecule has 0 bridgehead atoms. The summed E-state index contributed by atoms with van der Waals surface area (Å²) in [5.74, 6) is 0.166. The molecular weight excluding hydrogens is 443 g/mol. The molecule has 1 aliphatic heterocycles. The summed E-state index contributed by atoms with van der Waals surface area (Å²) >= 11 is 0. The van der Waals surface area contributed by atoms with Gasteiger partial charge in [-0.1, -0.05) is 0 Å². The molecule has 0 aliphatic carbocycles. The standard InChI is InChI=1S/C10H16N5O10P3/c11-9-8-10(13-3-12-9)15(4-14-8)7-1-5(16)6(23-7)2-22-27(18,19)25-28(20,21)24-26-17/h3-7,16-17,26H,1-2H2,(H,18,19)(H,20,21)(H2,11,12,13)/t5?,6-,7-/m1/s1. The van der Waals surface area contributed by atoms with Gasteiger partial charge < -0.3 is 30.3 Å². The van der Waals surface area contributed by atoms with Crippen LogP contribution < -0.4 is 5.73 Å². The third-order valence-electron chi connectivity index (χ3n) is 3.67. The average molecular weight is 459 g/mol. The Morgan fingerprint density at radius 2 is 2.07 bits per heavy atom. The summed E-state index contributed by atoms with van der Waals surface area (Å²) < 4.78 is 42.6. The van der Waals surface area contributed by atoms with Crippen molar-refractivity contribution in [1.82, 2.24) is 19.5 Å². The molecule has 0 saturated carbocycles. The lowest BCUT2D eigenvalue weighted by molar-refractivity contribution is -0.0423. The topological polar surface area (TPSA) is 222 Å². The zero-order valence-corrected chi connectivity index (χ0v) is 16.6. The van der Waals surface area contributed by atoms with E-state index in [9.17, 15) is 19.1 Å². The SMILES string of the molecule is Nc1ncnc2c1ncn2[C@H]1CC(O)[C@@H](COP(=O)(O)OP(=O)(O)OPO)O1. The second-order valence-corrected chi connectivity index (χ2v) is 9.21. The molecule has 1 saturated heterocycles. The second-order valence-electron chi connectivity index (χ2n) is 5.51. The monoisotopic (exact) mass is 459 g/mol. The number of nitrogens with zero attached hydrogens (tertiary/aromatic N) is 4. The fraction of sp³-hybridized carbons (Fsp3) is 0.500. The Morgan fingerprint density at radius 3 is 2.79 bits per heavy atom. The Labute approximate surface area is 158 Å². The van der Waals surface area contributed by atoms with Crippen LogP contribution in [0.5, 0.6) is 0 Å². The molecule has 0 aromatic carbocycles. The molecule has 0 radical (unpaired) electrons. The predicted octanol–water partition coefficient (Wildman–Crippen LogP) is -0.192. The maximum absolute atomic E-state index is 11.7. The highest BCUT2D eigenvalue weighted by molar-refractivity contribution is 7.63. The van der Waals surface area contributed by atoms with Crippen LogP contribution in [0.3, 0.4) is 0 Å². The minimum atomic E-state index is -5.04. The minimum absolute atomic E-state index is 0.0766. The third kappa shape index (κ3) is 4.90. The van der Waals surface area contributed by atoms with E-state index in [1.54, 1.807) is 0 Å². The van der Waals surface area contributed by atoms with E-state index < -0.39 is 49.7 Å². The first-order valence-electron chi connectivity index (χ1n) is 7.47. The third-order valence-corrected chi connectivity index (χ3v) is 7.04. The Hall–Kier alpha value is -1.08. The highest BCUT2D eigenvalue weighted by atomic mass is 31.3. The highest BCUT2D eigenvalue weighted by Gasteiger charge is 2.40. The number of aliphatic hydroxyl groups excluding tert-OH is 1. The first-order chi connectivity index (χ1) is 13.1. The zero-order valence-electron chi connectivity index (χ0n) is 13.8. The van der Waals surface area contributed by atoms with Gasteiger partial charge in [0.25, 0.3) is 0 Å². The Kier molecular flexibility index (Phi) is 6.44. The van der Waals surface area contributed by atoms with Crippen molar-refractivity contribution in [3.63, 3.8) is 0 Å². The van der Waals surface area contributed by atoms with Crippen molar-refractivity contribution in [2.45, 2.75) is 24.9 Å². The number of aliphatic hydroxyl groups is 1. The number of hydrogen-bond donors (Lipinski definition) is 5. The van der Waals surface area contributed by atoms with Gasteiger partial charge in [-0.2, -0.15) is 4.31 Å². The van der Waals surface area contributed by atoms with Crippen LogP contribution in [0.4, 0.5) is 5.82 Å². The van der Waals surface area contributed by atoms with E-state index in [0.717, 1.165) is 0 Å². The molecule has 3 heterocycles. The molecule has 28 heavy (non-hydrogen) atoms. The fourth-order valence-corrected chi connectivity index (χ4v) is 4.92. The first kappa shape index (κ1) is 21.6. The van der Waals surface area contributed by atoms with Crippen LogP contribution in [-0.4, -0.2) is 58.1 Å². The number of hydrogen-bond acceptors (Lipinski definition) is 12. The van der Waals surface area contributed by atoms with Gasteiger partial charge in [-0.3, -0.25) is 9.09 Å². The van der Waals surface area contributed by atoms with Crippen molar-refractivity contribution in [1.29, 1.82) is 0 Å². The van der Waals surface area contributed by atoms with Crippen LogP contribution >= 0.6 is 24.7 Å². The maximum Gasteiger partial charge on any atom is 0.486 e. The summed E-state index contributed by atoms with van der Waals surface area (Å²) in [5.41, 5.74) is 6.42. The van der Waals surface area contributed by atoms with Crippen LogP contribution in [0.25, 0.3) is 11.2 Å². The number of fused-ring (bicyclic) bond motifs is 1. The van der Waals surface area contributed by atoms with E-state index in [1.165, 1.54) is 17.2 Å². The normalized spacial score (nSPS) is 27.4. The van der Waals surface area contributed by atoms with E-state index in [-0.39, 0.29) is 12.2 Å². The van der Waals surface area contributed by atoms with Crippen molar-refractivity contribution in [2.75, 3.05) is 12.3 Å². The van der Waals surface area contributed by atoms with Gasteiger partial charge in [-0.15, -0.1) is 0 Å². The van der Waals surface area contributed by atoms with Crippen LogP contribution in [0.15, 0.2) is 12.7 Å². The van der Waals surface area contributed by atoms with Gasteiger partial charge in [-0.25, -0.2) is 28.4 Å². The number of phosphoric acid groups is 2. The first-order valence-corrected chi connectivity index (χ1v) is 11.3. The molecule has 6 atom stereocenters. The zero-order chi connectivity index (χ0) is 20.5. The molecule has 3 rings (SSSR count). The Morgan fingerprint density at radius 1 is 1.32 bits per heavy atom. The van der Waals surface area contributed by atoms with E-state index in [0.29, 0.717) is 11.2 Å². The van der Waals surface area contributed by atoms with Crippen LogP contribution in [0, 0.1) is 0 Å². The fourth-order valence-electron chi connectivity index (χ4n) is 2.51. The number of anilines is 1. The summed E-state index contributed by atoms with van der Waals surface area (Å²) in [6.45, 7) is -0.642. The highest BCUT2D eigenvalue weighted by Crippen LogP contribution is 2.62. The van der Waals surface area contributed by atoms with E-state index in [4.69, 9.17) is 20.3 Å². The molecule has 0 spiro atoms. The van der Waals surface area contributed by atoms with Crippen molar-refractivity contribution in [3.05, 3.63) is 12.7 Å². The number of rotatable bonds is 8. The van der Waals surface area contributed by atoms with Crippen molar-refractivity contribution < 1.29 is 46.8 Å². The molecule has 156 valence electrons. The number of aromatic nitrogens is 4. The molecule has 2 aromatic rings. The maximum atomic E-state index is 11.7. The minimum Gasteiger partial charge on any atom is -0.390 e. The molecule has 15 nitrogen and oxygen atoms in total. The predicted molar refractivity (Wildman–Crippen MR) is 92.6 cm³/mol. The lowest BCUT2D eigenvalue weighted by atomic mass is 10.2. The van der Waals surface area contributed by atoms with Gasteiger partial charge in [-0.05, 0) is 0 Å². The Bertz CT molecular complexity index is 942. The molecular formula is C10H16N5O10P3. The number of nitrogen functional groups attached to an aromatic ring is 1. The number of phosphoric ester groups is 1. The quantitative estimate of drug-likeness (QED) is 0.323. The summed E-state index contributed by atoms with van der Waals surface area (Å²) in [7, 11) is -11.5. The van der Waals surface area contributed by atoms with Crippen molar-refractivity contribution in [3.8, 4) is 0 Å². The van der Waals surface area contributed by atoms with Crippen molar-refractivity contribution >= 4 is 41.7 Å². The Balaban J connectivity index is 1.65. The average Bonchev–Trinajstić information content (AvgIpc) is 3.16. The number of ether oxygens (including phenoxy) is 1. The molecule has 2 aromatic heterocycles. The molecule has 18 heteroatoms. The summed E-state index contributed by atoms with van der Waals surface area (Å²) in [4.78, 5) is 39.0. The number of imidazole rings is 1. The van der Waals surface area contributed by atoms with Crippen LogP contribution in [0.2, 0.25) is 0 Å². The lowest BCUT2D eigenvalue weighted by Crippen LogP contribution is -2.26. The smallest absolute Gasteiger partial charge is 0.390 e. The molecule has 0 amide bonds. The van der Waals surface area contributed by atoms with Gasteiger partial charge in [0.15, 0.2) is 20.5 Å². The van der Waals surface area contributed by atoms with Gasteiger partial charge in [0.1, 0.15) is 24.2 Å². The molecule has 1 aliphatic rings. The van der Waals surface area contributed by atoms with Gasteiger partial charge in [0.2, 0.25) is 0 Å². The molecule has 1 fully saturated rings. The summed E-state index contributed by atoms with van der Waals surface area (Å²) in [5, 5.41) is 10.1. The lowest BCUT2D eigenvalue weighted by Gasteiger charge is -2.19. The second kappa shape index (κ2) is 8.34. The van der Waals surface area contributed by atoms with Gasteiger partial charge in [0, 0.05) is 6.42 Å². The van der Waals surface area contributed by atoms with E-state index >= 15 is 0 Å².